The number of hydrogen-bond donors (Lipinski definition) is 1. The zero-order valence-corrected chi connectivity index (χ0v) is 12.5. The van der Waals surface area contributed by atoms with Gasteiger partial charge in [0.1, 0.15) is 0 Å². The summed E-state index contributed by atoms with van der Waals surface area (Å²) in [4.78, 5) is 14.7. The van der Waals surface area contributed by atoms with Crippen LogP contribution in [0.3, 0.4) is 0 Å². The summed E-state index contributed by atoms with van der Waals surface area (Å²) in [6.45, 7) is 12.1. The Morgan fingerprint density at radius 2 is 1.72 bits per heavy atom. The van der Waals surface area contributed by atoms with Crippen LogP contribution in [0.5, 0.6) is 0 Å². The van der Waals surface area contributed by atoms with Crippen LogP contribution in [0.25, 0.3) is 0 Å². The van der Waals surface area contributed by atoms with E-state index in [1.54, 1.807) is 0 Å². The molecule has 1 rings (SSSR count). The highest BCUT2D eigenvalue weighted by atomic mass is 35.5. The molecule has 102 valence electrons. The predicted molar refractivity (Wildman–Crippen MR) is 76.4 cm³/mol. The molecule has 1 aromatic heterocycles. The molecule has 0 atom stereocenters. The lowest BCUT2D eigenvalue weighted by Gasteiger charge is -2.25. The van der Waals surface area contributed by atoms with E-state index in [4.69, 9.17) is 11.6 Å². The Kier molecular flexibility index (Phi) is 5.14. The number of halogens is 1. The van der Waals surface area contributed by atoms with Crippen molar-refractivity contribution < 1.29 is 0 Å². The van der Waals surface area contributed by atoms with Gasteiger partial charge in [-0.3, -0.25) is 0 Å². The van der Waals surface area contributed by atoms with Gasteiger partial charge in [0, 0.05) is 18.6 Å². The number of rotatable bonds is 6. The Hall–Kier alpha value is -1.10. The van der Waals surface area contributed by atoms with Crippen LogP contribution in [0, 0.1) is 0 Å². The Bertz CT molecular complexity index is 390. The van der Waals surface area contributed by atoms with Gasteiger partial charge in [-0.15, -0.1) is 0 Å². The molecule has 0 radical (unpaired) electrons. The summed E-state index contributed by atoms with van der Waals surface area (Å²) < 4.78 is 0. The fourth-order valence-electron chi connectivity index (χ4n) is 1.43. The fraction of sp³-hybridized carbons (Fsp3) is 0.750. The van der Waals surface area contributed by atoms with Gasteiger partial charge < -0.3 is 10.2 Å². The highest BCUT2D eigenvalue weighted by Gasteiger charge is 2.18. The molecule has 18 heavy (non-hydrogen) atoms. The second kappa shape index (κ2) is 6.18. The molecule has 1 N–H and O–H groups in total. The zero-order valence-electron chi connectivity index (χ0n) is 11.8. The normalized spacial score (nSPS) is 11.4. The van der Waals surface area contributed by atoms with Crippen molar-refractivity contribution in [1.82, 2.24) is 15.0 Å². The topological polar surface area (TPSA) is 53.9 Å². The van der Waals surface area contributed by atoms with Crippen molar-refractivity contribution in [3.63, 3.8) is 0 Å². The Morgan fingerprint density at radius 3 is 2.22 bits per heavy atom. The lowest BCUT2D eigenvalue weighted by atomic mass is 10.0. The smallest absolute Gasteiger partial charge is 0.231 e. The first-order chi connectivity index (χ1) is 8.41. The molecule has 0 saturated heterocycles. The molecule has 0 aromatic carbocycles. The lowest BCUT2D eigenvalue weighted by molar-refractivity contribution is 0.541. The standard InChI is InChI=1S/C12H22ClN5/c1-6-12(4,5)17-10-14-9(13)15-11(16-10)18(7-2)8-3/h6-8H2,1-5H3,(H,14,15,16,17). The van der Waals surface area contributed by atoms with E-state index in [0.29, 0.717) is 11.9 Å². The summed E-state index contributed by atoms with van der Waals surface area (Å²) >= 11 is 5.95. The second-order valence-corrected chi connectivity index (χ2v) is 5.10. The van der Waals surface area contributed by atoms with Crippen molar-refractivity contribution in [3.8, 4) is 0 Å². The third-order valence-corrected chi connectivity index (χ3v) is 3.15. The minimum Gasteiger partial charge on any atom is -0.349 e. The van der Waals surface area contributed by atoms with Gasteiger partial charge >= 0.3 is 0 Å². The van der Waals surface area contributed by atoms with E-state index in [0.717, 1.165) is 19.5 Å². The van der Waals surface area contributed by atoms with Gasteiger partial charge in [-0.25, -0.2) is 0 Å². The van der Waals surface area contributed by atoms with Crippen molar-refractivity contribution >= 4 is 23.5 Å². The van der Waals surface area contributed by atoms with Crippen molar-refractivity contribution in [3.05, 3.63) is 5.28 Å². The van der Waals surface area contributed by atoms with Gasteiger partial charge in [-0.2, -0.15) is 15.0 Å². The van der Waals surface area contributed by atoms with Crippen molar-refractivity contribution in [2.45, 2.75) is 46.6 Å². The number of aromatic nitrogens is 3. The van der Waals surface area contributed by atoms with Crippen molar-refractivity contribution in [1.29, 1.82) is 0 Å². The SMILES string of the molecule is CCN(CC)c1nc(Cl)nc(NC(C)(C)CC)n1. The molecular formula is C12H22ClN5. The Balaban J connectivity index is 3.00. The highest BCUT2D eigenvalue weighted by Crippen LogP contribution is 2.18. The first kappa shape index (κ1) is 15.0. The van der Waals surface area contributed by atoms with E-state index in [-0.39, 0.29) is 10.8 Å². The van der Waals surface area contributed by atoms with Crippen LogP contribution in [0.4, 0.5) is 11.9 Å². The maximum Gasteiger partial charge on any atom is 0.231 e. The summed E-state index contributed by atoms with van der Waals surface area (Å²) in [5.41, 5.74) is -0.0643. The molecule has 0 fully saturated rings. The summed E-state index contributed by atoms with van der Waals surface area (Å²) in [6.07, 6.45) is 0.969. The fourth-order valence-corrected chi connectivity index (χ4v) is 1.59. The monoisotopic (exact) mass is 271 g/mol. The van der Waals surface area contributed by atoms with Gasteiger partial charge in [-0.1, -0.05) is 6.92 Å². The van der Waals surface area contributed by atoms with Crippen LogP contribution in [0.15, 0.2) is 0 Å². The van der Waals surface area contributed by atoms with Crippen molar-refractivity contribution in [2.75, 3.05) is 23.3 Å². The average Bonchev–Trinajstić information content (AvgIpc) is 2.29. The molecule has 0 aliphatic heterocycles. The van der Waals surface area contributed by atoms with E-state index in [1.807, 2.05) is 4.90 Å². The van der Waals surface area contributed by atoms with Gasteiger partial charge in [-0.05, 0) is 45.7 Å². The molecule has 1 aromatic rings. The summed E-state index contributed by atoms with van der Waals surface area (Å²) in [7, 11) is 0. The molecule has 0 aliphatic rings. The first-order valence-electron chi connectivity index (χ1n) is 6.36. The maximum atomic E-state index is 5.95. The van der Waals surface area contributed by atoms with Crippen LogP contribution >= 0.6 is 11.6 Å². The third kappa shape index (κ3) is 3.98. The van der Waals surface area contributed by atoms with Gasteiger partial charge in [0.2, 0.25) is 17.2 Å². The lowest BCUT2D eigenvalue weighted by Crippen LogP contribution is -2.32. The molecule has 0 amide bonds. The Labute approximate surface area is 114 Å². The van der Waals surface area contributed by atoms with Gasteiger partial charge in [0.25, 0.3) is 0 Å². The molecule has 6 heteroatoms. The zero-order chi connectivity index (χ0) is 13.8. The first-order valence-corrected chi connectivity index (χ1v) is 6.74. The summed E-state index contributed by atoms with van der Waals surface area (Å²) in [5.74, 6) is 1.15. The third-order valence-electron chi connectivity index (χ3n) is 2.98. The maximum absolute atomic E-state index is 5.95. The molecule has 0 spiro atoms. The van der Waals surface area contributed by atoms with Crippen LogP contribution < -0.4 is 10.2 Å². The van der Waals surface area contributed by atoms with E-state index < -0.39 is 0 Å². The van der Waals surface area contributed by atoms with Gasteiger partial charge in [0.05, 0.1) is 0 Å². The number of hydrogen-bond acceptors (Lipinski definition) is 5. The molecule has 1 heterocycles. The predicted octanol–water partition coefficient (Wildman–Crippen LogP) is 2.97. The molecule has 0 saturated carbocycles. The minimum absolute atomic E-state index is 0.0643. The Morgan fingerprint density at radius 1 is 1.11 bits per heavy atom. The molecule has 0 bridgehead atoms. The molecule has 5 nitrogen and oxygen atoms in total. The van der Waals surface area contributed by atoms with Gasteiger partial charge in [0.15, 0.2) is 0 Å². The average molecular weight is 272 g/mol. The quantitative estimate of drug-likeness (QED) is 0.862. The van der Waals surface area contributed by atoms with Crippen LogP contribution in [-0.2, 0) is 0 Å². The van der Waals surface area contributed by atoms with E-state index >= 15 is 0 Å². The molecule has 0 unspecified atom stereocenters. The van der Waals surface area contributed by atoms with Crippen LogP contribution in [-0.4, -0.2) is 33.6 Å². The number of anilines is 2. The van der Waals surface area contributed by atoms with E-state index in [1.165, 1.54) is 0 Å². The molecular weight excluding hydrogens is 250 g/mol. The second-order valence-electron chi connectivity index (χ2n) is 4.76. The number of nitrogens with one attached hydrogen (secondary N) is 1. The highest BCUT2D eigenvalue weighted by molar-refractivity contribution is 6.28. The largest absolute Gasteiger partial charge is 0.349 e. The molecule has 0 aliphatic carbocycles. The van der Waals surface area contributed by atoms with Crippen molar-refractivity contribution in [2.24, 2.45) is 0 Å². The summed E-state index contributed by atoms with van der Waals surface area (Å²) in [5, 5.41) is 3.50. The van der Waals surface area contributed by atoms with Crippen LogP contribution in [0.1, 0.15) is 41.0 Å². The summed E-state index contributed by atoms with van der Waals surface area (Å²) in [6, 6.07) is 0. The van der Waals surface area contributed by atoms with E-state index in [2.05, 4.69) is 54.9 Å². The van der Waals surface area contributed by atoms with Crippen LogP contribution in [0.2, 0.25) is 5.28 Å². The van der Waals surface area contributed by atoms with E-state index in [9.17, 15) is 0 Å². The minimum atomic E-state index is -0.0643. The number of nitrogens with zero attached hydrogens (tertiary/aromatic N) is 4.